The minimum atomic E-state index is 0.477. The molecule has 0 aliphatic heterocycles. The van der Waals surface area contributed by atoms with Crippen molar-refractivity contribution >= 4 is 5.96 Å². The maximum absolute atomic E-state index is 4.36. The monoisotopic (exact) mass is 418 g/mol. The number of imidazole rings is 1. The van der Waals surface area contributed by atoms with Crippen LogP contribution in [0.15, 0.2) is 78.3 Å². The van der Waals surface area contributed by atoms with Gasteiger partial charge in [-0.2, -0.15) is 0 Å². The van der Waals surface area contributed by atoms with Crippen LogP contribution in [0.5, 0.6) is 0 Å². The second-order valence-electron chi connectivity index (χ2n) is 7.95. The van der Waals surface area contributed by atoms with Gasteiger partial charge in [-0.3, -0.25) is 9.89 Å². The first-order valence-corrected chi connectivity index (χ1v) is 10.9. The first kappa shape index (κ1) is 22.6. The Hall–Kier alpha value is -3.12. The second-order valence-corrected chi connectivity index (χ2v) is 7.95. The molecule has 0 aliphatic rings. The molecule has 0 radical (unpaired) electrons. The molecule has 1 heterocycles. The van der Waals surface area contributed by atoms with Crippen LogP contribution in [0.1, 0.15) is 30.0 Å². The van der Waals surface area contributed by atoms with Crippen molar-refractivity contribution in [3.8, 4) is 0 Å². The molecule has 0 saturated heterocycles. The normalized spacial score (nSPS) is 12.7. The van der Waals surface area contributed by atoms with Crippen molar-refractivity contribution in [1.82, 2.24) is 25.1 Å². The van der Waals surface area contributed by atoms with Gasteiger partial charge in [0.05, 0.1) is 6.33 Å². The molecular weight excluding hydrogens is 384 g/mol. The third-order valence-electron chi connectivity index (χ3n) is 5.48. The Morgan fingerprint density at radius 3 is 2.58 bits per heavy atom. The van der Waals surface area contributed by atoms with Gasteiger partial charge in [0.15, 0.2) is 5.96 Å². The van der Waals surface area contributed by atoms with Gasteiger partial charge in [-0.25, -0.2) is 4.98 Å². The van der Waals surface area contributed by atoms with Crippen LogP contribution in [0.4, 0.5) is 0 Å². The van der Waals surface area contributed by atoms with Gasteiger partial charge in [0.25, 0.3) is 0 Å². The average molecular weight is 419 g/mol. The number of aliphatic imine (C=N–C) groups is 1. The molecule has 0 aliphatic carbocycles. The van der Waals surface area contributed by atoms with Crippen LogP contribution in [0.3, 0.4) is 0 Å². The molecule has 31 heavy (non-hydrogen) atoms. The van der Waals surface area contributed by atoms with Gasteiger partial charge < -0.3 is 15.2 Å². The van der Waals surface area contributed by atoms with Crippen molar-refractivity contribution in [3.05, 3.63) is 90.0 Å². The van der Waals surface area contributed by atoms with Crippen LogP contribution < -0.4 is 10.6 Å². The summed E-state index contributed by atoms with van der Waals surface area (Å²) in [6.07, 6.45) is 6.68. The maximum Gasteiger partial charge on any atom is 0.191 e. The molecule has 0 spiro atoms. The highest BCUT2D eigenvalue weighted by Gasteiger charge is 2.10. The number of nitrogens with one attached hydrogen (secondary N) is 2. The van der Waals surface area contributed by atoms with Crippen LogP contribution in [0.25, 0.3) is 0 Å². The van der Waals surface area contributed by atoms with Crippen molar-refractivity contribution < 1.29 is 0 Å². The van der Waals surface area contributed by atoms with E-state index in [1.54, 1.807) is 6.20 Å². The van der Waals surface area contributed by atoms with Gasteiger partial charge in [-0.05, 0) is 37.1 Å². The lowest BCUT2D eigenvalue weighted by atomic mass is 10.1. The van der Waals surface area contributed by atoms with Gasteiger partial charge in [0.1, 0.15) is 0 Å². The number of benzene rings is 2. The number of aromatic nitrogens is 2. The van der Waals surface area contributed by atoms with Crippen LogP contribution in [0.2, 0.25) is 0 Å². The van der Waals surface area contributed by atoms with Gasteiger partial charge >= 0.3 is 0 Å². The van der Waals surface area contributed by atoms with E-state index in [1.807, 2.05) is 19.6 Å². The highest BCUT2D eigenvalue weighted by atomic mass is 15.2. The van der Waals surface area contributed by atoms with Crippen molar-refractivity contribution in [2.24, 2.45) is 4.99 Å². The van der Waals surface area contributed by atoms with Gasteiger partial charge in [0, 0.05) is 51.7 Å². The highest BCUT2D eigenvalue weighted by molar-refractivity contribution is 5.79. The van der Waals surface area contributed by atoms with Crippen LogP contribution in [-0.2, 0) is 19.6 Å². The van der Waals surface area contributed by atoms with E-state index in [-0.39, 0.29) is 0 Å². The molecule has 0 fully saturated rings. The fourth-order valence-electron chi connectivity index (χ4n) is 3.48. The molecule has 3 rings (SSSR count). The van der Waals surface area contributed by atoms with Crippen LogP contribution in [0, 0.1) is 0 Å². The Morgan fingerprint density at radius 1 is 1.06 bits per heavy atom. The van der Waals surface area contributed by atoms with E-state index >= 15 is 0 Å². The lowest BCUT2D eigenvalue weighted by Crippen LogP contribution is -2.39. The van der Waals surface area contributed by atoms with E-state index in [0.29, 0.717) is 6.04 Å². The van der Waals surface area contributed by atoms with E-state index in [1.165, 1.54) is 16.7 Å². The minimum Gasteiger partial charge on any atom is -0.356 e. The third kappa shape index (κ3) is 7.57. The molecule has 6 nitrogen and oxygen atoms in total. The Morgan fingerprint density at radius 2 is 1.84 bits per heavy atom. The van der Waals surface area contributed by atoms with Crippen molar-refractivity contribution in [3.63, 3.8) is 0 Å². The molecule has 1 atom stereocenters. The summed E-state index contributed by atoms with van der Waals surface area (Å²) in [6.45, 7) is 5.67. The number of guanidine groups is 1. The SMILES string of the molecule is CN=C(NCCC(C)N(C)Cc1ccccc1)NCc1cccc(Cn2ccnc2)c1. The lowest BCUT2D eigenvalue weighted by molar-refractivity contribution is 0.238. The molecule has 6 heteroatoms. The quantitative estimate of drug-likeness (QED) is 0.391. The van der Waals surface area contributed by atoms with E-state index in [4.69, 9.17) is 0 Å². The minimum absolute atomic E-state index is 0.477. The topological polar surface area (TPSA) is 57.5 Å². The molecule has 0 saturated carbocycles. The van der Waals surface area contributed by atoms with Crippen LogP contribution >= 0.6 is 0 Å². The lowest BCUT2D eigenvalue weighted by Gasteiger charge is -2.25. The first-order chi connectivity index (χ1) is 15.1. The summed E-state index contributed by atoms with van der Waals surface area (Å²) in [5.41, 5.74) is 3.84. The summed E-state index contributed by atoms with van der Waals surface area (Å²) < 4.78 is 2.07. The fraction of sp³-hybridized carbons (Fsp3) is 0.360. The zero-order valence-corrected chi connectivity index (χ0v) is 18.8. The summed E-state index contributed by atoms with van der Waals surface area (Å²) in [5.74, 6) is 0.831. The molecule has 0 bridgehead atoms. The van der Waals surface area contributed by atoms with Crippen molar-refractivity contribution in [2.45, 2.75) is 39.0 Å². The molecule has 2 aromatic carbocycles. The molecule has 2 N–H and O–H groups in total. The molecular formula is C25H34N6. The second kappa shape index (κ2) is 11.9. The van der Waals surface area contributed by atoms with E-state index in [2.05, 4.69) is 98.6 Å². The Kier molecular flexibility index (Phi) is 8.67. The van der Waals surface area contributed by atoms with Crippen molar-refractivity contribution in [2.75, 3.05) is 20.6 Å². The number of nitrogens with zero attached hydrogens (tertiary/aromatic N) is 4. The predicted molar refractivity (Wildman–Crippen MR) is 128 cm³/mol. The zero-order chi connectivity index (χ0) is 21.9. The van der Waals surface area contributed by atoms with Gasteiger partial charge in [-0.15, -0.1) is 0 Å². The molecule has 164 valence electrons. The summed E-state index contributed by atoms with van der Waals surface area (Å²) in [5, 5.41) is 6.86. The molecule has 1 aromatic heterocycles. The van der Waals surface area contributed by atoms with E-state index in [0.717, 1.165) is 38.6 Å². The largest absolute Gasteiger partial charge is 0.356 e. The smallest absolute Gasteiger partial charge is 0.191 e. The number of hydrogen-bond acceptors (Lipinski definition) is 3. The standard InChI is InChI=1S/C25H34N6/c1-21(30(3)18-22-8-5-4-6-9-22)12-13-28-25(26-2)29-17-23-10-7-11-24(16-23)19-31-15-14-27-20-31/h4-11,14-16,20-21H,12-13,17-19H2,1-3H3,(H2,26,28,29). The maximum atomic E-state index is 4.36. The van der Waals surface area contributed by atoms with Crippen LogP contribution in [-0.4, -0.2) is 47.1 Å². The predicted octanol–water partition coefficient (Wildman–Crippen LogP) is 3.51. The Bertz CT molecular complexity index is 920. The fourth-order valence-corrected chi connectivity index (χ4v) is 3.48. The zero-order valence-electron chi connectivity index (χ0n) is 18.8. The van der Waals surface area contributed by atoms with Crippen molar-refractivity contribution in [1.29, 1.82) is 0 Å². The summed E-state index contributed by atoms with van der Waals surface area (Å²) in [4.78, 5) is 10.9. The molecule has 0 amide bonds. The molecule has 1 unspecified atom stereocenters. The first-order valence-electron chi connectivity index (χ1n) is 10.9. The summed E-state index contributed by atoms with van der Waals surface area (Å²) >= 11 is 0. The van der Waals surface area contributed by atoms with E-state index in [9.17, 15) is 0 Å². The average Bonchev–Trinajstić information content (AvgIpc) is 3.30. The third-order valence-corrected chi connectivity index (χ3v) is 5.48. The summed E-state index contributed by atoms with van der Waals surface area (Å²) in [6, 6.07) is 19.7. The van der Waals surface area contributed by atoms with Gasteiger partial charge in [0.2, 0.25) is 0 Å². The van der Waals surface area contributed by atoms with E-state index < -0.39 is 0 Å². The van der Waals surface area contributed by atoms with Gasteiger partial charge in [-0.1, -0.05) is 54.6 Å². The highest BCUT2D eigenvalue weighted by Crippen LogP contribution is 2.09. The Balaban J connectivity index is 1.40. The Labute approximate surface area is 186 Å². The number of rotatable bonds is 10. The molecule has 3 aromatic rings. The summed E-state index contributed by atoms with van der Waals surface area (Å²) in [7, 11) is 4.00. The number of hydrogen-bond donors (Lipinski definition) is 2.